The van der Waals surface area contributed by atoms with E-state index in [1.54, 1.807) is 31.1 Å². The van der Waals surface area contributed by atoms with E-state index in [0.29, 0.717) is 18.0 Å². The maximum Gasteiger partial charge on any atom is 0.269 e. The van der Waals surface area contributed by atoms with Crippen LogP contribution < -0.4 is 10.6 Å². The molecule has 0 aliphatic heterocycles. The van der Waals surface area contributed by atoms with Crippen molar-refractivity contribution in [3.8, 4) is 0 Å². The number of ether oxygens (including phenoxy) is 1. The highest BCUT2D eigenvalue weighted by Crippen LogP contribution is 2.49. The monoisotopic (exact) mass is 348 g/mol. The molecule has 7 nitrogen and oxygen atoms in total. The van der Waals surface area contributed by atoms with Gasteiger partial charge in [-0.05, 0) is 36.7 Å². The van der Waals surface area contributed by atoms with E-state index in [9.17, 15) is 9.59 Å². The maximum absolute atomic E-state index is 12.2. The Balaban J connectivity index is 1.37. The van der Waals surface area contributed by atoms with Gasteiger partial charge in [-0.2, -0.15) is 5.10 Å². The zero-order valence-corrected chi connectivity index (χ0v) is 15.4. The van der Waals surface area contributed by atoms with Gasteiger partial charge >= 0.3 is 0 Å². The van der Waals surface area contributed by atoms with Gasteiger partial charge in [-0.3, -0.25) is 14.3 Å². The molecule has 2 atom stereocenters. The smallest absolute Gasteiger partial charge is 0.269 e. The van der Waals surface area contributed by atoms with Crippen LogP contribution in [0.2, 0.25) is 0 Å². The Hall–Kier alpha value is -1.89. The second-order valence-electron chi connectivity index (χ2n) is 7.93. The van der Waals surface area contributed by atoms with Gasteiger partial charge in [-0.25, -0.2) is 0 Å². The molecule has 7 heteroatoms. The van der Waals surface area contributed by atoms with E-state index >= 15 is 0 Å². The summed E-state index contributed by atoms with van der Waals surface area (Å²) >= 11 is 0. The van der Waals surface area contributed by atoms with Gasteiger partial charge in [0.05, 0.1) is 6.10 Å². The van der Waals surface area contributed by atoms with Crippen molar-refractivity contribution in [2.24, 2.45) is 18.4 Å². The maximum atomic E-state index is 12.2. The van der Waals surface area contributed by atoms with Crippen LogP contribution in [-0.4, -0.2) is 46.9 Å². The molecule has 2 unspecified atom stereocenters. The molecule has 0 saturated heterocycles. The Morgan fingerprint density at radius 2 is 1.96 bits per heavy atom. The Kier molecular flexibility index (Phi) is 4.86. The summed E-state index contributed by atoms with van der Waals surface area (Å²) in [6, 6.07) is 1.97. The van der Waals surface area contributed by atoms with Crippen LogP contribution in [0.15, 0.2) is 12.3 Å². The van der Waals surface area contributed by atoms with Crippen molar-refractivity contribution >= 4 is 11.8 Å². The van der Waals surface area contributed by atoms with Gasteiger partial charge in [0, 0.05) is 38.9 Å². The first-order valence-corrected chi connectivity index (χ1v) is 8.92. The predicted molar refractivity (Wildman–Crippen MR) is 92.9 cm³/mol. The van der Waals surface area contributed by atoms with Crippen molar-refractivity contribution in [1.82, 2.24) is 20.4 Å². The molecule has 138 valence electrons. The van der Waals surface area contributed by atoms with Gasteiger partial charge in [0.2, 0.25) is 5.91 Å². The number of aryl methyl sites for hydroxylation is 1. The normalized spacial score (nSPS) is 30.1. The summed E-state index contributed by atoms with van der Waals surface area (Å²) in [5, 5.41) is 10.1. The number of hydrogen-bond acceptors (Lipinski definition) is 4. The third kappa shape index (κ3) is 3.56. The van der Waals surface area contributed by atoms with Crippen molar-refractivity contribution in [2.75, 3.05) is 7.11 Å². The van der Waals surface area contributed by atoms with Gasteiger partial charge < -0.3 is 15.4 Å². The van der Waals surface area contributed by atoms with Crippen LogP contribution >= 0.6 is 0 Å². The molecule has 1 heterocycles. The Labute approximate surface area is 148 Å². The number of methoxy groups -OCH3 is 1. The molecule has 0 radical (unpaired) electrons. The molecule has 2 fully saturated rings. The third-order valence-corrected chi connectivity index (χ3v) is 5.99. The van der Waals surface area contributed by atoms with Crippen LogP contribution in [0, 0.1) is 11.3 Å². The second-order valence-corrected chi connectivity index (χ2v) is 7.93. The molecule has 25 heavy (non-hydrogen) atoms. The van der Waals surface area contributed by atoms with E-state index in [0.717, 1.165) is 19.3 Å². The van der Waals surface area contributed by atoms with Crippen molar-refractivity contribution < 1.29 is 14.3 Å². The zero-order valence-electron chi connectivity index (χ0n) is 15.4. The average molecular weight is 348 g/mol. The lowest BCUT2D eigenvalue weighted by atomic mass is 9.59. The highest BCUT2D eigenvalue weighted by molar-refractivity contribution is 5.92. The number of amides is 2. The number of aromatic nitrogens is 2. The lowest BCUT2D eigenvalue weighted by molar-refractivity contribution is -0.141. The highest BCUT2D eigenvalue weighted by atomic mass is 16.5. The number of hydrogen-bond donors (Lipinski definition) is 2. The van der Waals surface area contributed by atoms with Crippen LogP contribution in [0.25, 0.3) is 0 Å². The fourth-order valence-electron chi connectivity index (χ4n) is 3.93. The van der Waals surface area contributed by atoms with Gasteiger partial charge in [0.25, 0.3) is 5.91 Å². The van der Waals surface area contributed by atoms with Gasteiger partial charge in [0.15, 0.2) is 0 Å². The van der Waals surface area contributed by atoms with E-state index in [1.807, 2.05) is 0 Å². The minimum absolute atomic E-state index is 0.0608. The average Bonchev–Trinajstić information content (AvgIpc) is 2.94. The lowest BCUT2D eigenvalue weighted by Gasteiger charge is -2.51. The van der Waals surface area contributed by atoms with Crippen LogP contribution in [0.5, 0.6) is 0 Å². The molecular weight excluding hydrogens is 320 g/mol. The molecule has 2 saturated carbocycles. The summed E-state index contributed by atoms with van der Waals surface area (Å²) in [7, 11) is 3.48. The molecule has 0 bridgehead atoms. The van der Waals surface area contributed by atoms with Crippen LogP contribution in [0.3, 0.4) is 0 Å². The Morgan fingerprint density at radius 3 is 2.52 bits per heavy atom. The molecule has 0 spiro atoms. The molecule has 2 amide bonds. The van der Waals surface area contributed by atoms with Crippen molar-refractivity contribution in [1.29, 1.82) is 0 Å². The summed E-state index contributed by atoms with van der Waals surface area (Å²) < 4.78 is 7.00. The van der Waals surface area contributed by atoms with Crippen LogP contribution in [-0.2, 0) is 16.6 Å². The molecular formula is C18H28N4O3. The Morgan fingerprint density at radius 1 is 1.28 bits per heavy atom. The third-order valence-electron chi connectivity index (χ3n) is 5.99. The molecule has 1 aromatic rings. The van der Waals surface area contributed by atoms with Gasteiger partial charge in [0.1, 0.15) is 5.69 Å². The van der Waals surface area contributed by atoms with Crippen molar-refractivity contribution in [2.45, 2.75) is 57.7 Å². The summed E-state index contributed by atoms with van der Waals surface area (Å²) in [4.78, 5) is 24.4. The first-order valence-electron chi connectivity index (χ1n) is 8.92. The standard InChI is InChI=1S/C18H28N4O3/c1-18(2)11(7-15(18)25-4)8-16(23)20-12-9-13(10-12)21-17(24)14-5-6-19-22(14)3/h5-6,11-13,15H,7-10H2,1-4H3,(H,20,23)(H,21,24). The minimum atomic E-state index is -0.114. The zero-order chi connectivity index (χ0) is 18.2. The molecule has 2 aliphatic rings. The first kappa shape index (κ1) is 17.9. The topological polar surface area (TPSA) is 85.2 Å². The largest absolute Gasteiger partial charge is 0.381 e. The van der Waals surface area contributed by atoms with E-state index in [1.165, 1.54) is 0 Å². The SMILES string of the molecule is COC1CC(CC(=O)NC2CC(NC(=O)c3ccnn3C)C2)C1(C)C. The van der Waals surface area contributed by atoms with Crippen molar-refractivity contribution in [3.05, 3.63) is 18.0 Å². The summed E-state index contributed by atoms with van der Waals surface area (Å²) in [6.07, 6.45) is 4.92. The fourth-order valence-corrected chi connectivity index (χ4v) is 3.93. The minimum Gasteiger partial charge on any atom is -0.381 e. The van der Waals surface area contributed by atoms with Crippen LogP contribution in [0.1, 0.15) is 50.0 Å². The van der Waals surface area contributed by atoms with Crippen LogP contribution in [0.4, 0.5) is 0 Å². The first-order chi connectivity index (χ1) is 11.8. The molecule has 0 aromatic carbocycles. The van der Waals surface area contributed by atoms with Gasteiger partial charge in [-0.1, -0.05) is 13.8 Å². The predicted octanol–water partition coefficient (Wildman–Crippen LogP) is 1.25. The number of rotatable bonds is 6. The number of carbonyl (C=O) groups excluding carboxylic acids is 2. The van der Waals surface area contributed by atoms with Gasteiger partial charge in [-0.15, -0.1) is 0 Å². The molecule has 1 aromatic heterocycles. The lowest BCUT2D eigenvalue weighted by Crippen LogP contribution is -2.55. The highest BCUT2D eigenvalue weighted by Gasteiger charge is 2.49. The number of nitrogens with zero attached hydrogens (tertiary/aromatic N) is 2. The summed E-state index contributed by atoms with van der Waals surface area (Å²) in [6.45, 7) is 4.33. The fraction of sp³-hybridized carbons (Fsp3) is 0.722. The van der Waals surface area contributed by atoms with E-state index in [-0.39, 0.29) is 35.4 Å². The Bertz CT molecular complexity index is 649. The summed E-state index contributed by atoms with van der Waals surface area (Å²) in [5.74, 6) is 0.364. The number of nitrogens with one attached hydrogen (secondary N) is 2. The van der Waals surface area contributed by atoms with E-state index in [4.69, 9.17) is 4.74 Å². The van der Waals surface area contributed by atoms with E-state index in [2.05, 4.69) is 29.6 Å². The molecule has 3 rings (SSSR count). The van der Waals surface area contributed by atoms with Crippen molar-refractivity contribution in [3.63, 3.8) is 0 Å². The quantitative estimate of drug-likeness (QED) is 0.810. The molecule has 2 N–H and O–H groups in total. The van der Waals surface area contributed by atoms with E-state index < -0.39 is 0 Å². The second kappa shape index (κ2) is 6.78. The molecule has 2 aliphatic carbocycles. The number of carbonyl (C=O) groups is 2. The summed E-state index contributed by atoms with van der Waals surface area (Å²) in [5.41, 5.74) is 0.609.